The van der Waals surface area contributed by atoms with Crippen molar-refractivity contribution in [2.75, 3.05) is 20.2 Å². The molecule has 1 aromatic carbocycles. The number of piperidine rings is 1. The number of carbonyl (C=O) groups excluding carboxylic acids is 1. The second-order valence-corrected chi connectivity index (χ2v) is 4.75. The average Bonchev–Trinajstić information content (AvgIpc) is 2.38. The number of carbonyl (C=O) groups is 1. The van der Waals surface area contributed by atoms with Crippen molar-refractivity contribution in [3.8, 4) is 0 Å². The third-order valence-electron chi connectivity index (χ3n) is 3.13. The Morgan fingerprint density at radius 3 is 2.94 bits per heavy atom. The lowest BCUT2D eigenvalue weighted by Crippen LogP contribution is -2.43. The van der Waals surface area contributed by atoms with Crippen molar-refractivity contribution >= 4 is 18.5 Å². The third-order valence-corrected chi connectivity index (χ3v) is 3.52. The molecule has 0 aliphatic carbocycles. The summed E-state index contributed by atoms with van der Waals surface area (Å²) in [5, 5.41) is 0. The van der Waals surface area contributed by atoms with Crippen LogP contribution >= 0.6 is 12.6 Å². The smallest absolute Gasteiger partial charge is 0.255 e. The highest BCUT2D eigenvalue weighted by atomic mass is 32.1. The molecule has 0 bridgehead atoms. The molecule has 0 radical (unpaired) electrons. The van der Waals surface area contributed by atoms with Crippen LogP contribution in [0.3, 0.4) is 0 Å². The number of rotatable bonds is 2. The number of amides is 1. The lowest BCUT2D eigenvalue weighted by molar-refractivity contribution is 0.0267. The van der Waals surface area contributed by atoms with E-state index in [1.165, 1.54) is 0 Å². The van der Waals surface area contributed by atoms with Gasteiger partial charge in [0, 0.05) is 25.1 Å². The molecule has 2 rings (SSSR count). The molecule has 0 spiro atoms. The summed E-state index contributed by atoms with van der Waals surface area (Å²) in [5.41, 5.74) is 0.674. The predicted octanol–water partition coefficient (Wildman–Crippen LogP) is 2.23. The maximum absolute atomic E-state index is 12.3. The summed E-state index contributed by atoms with van der Waals surface area (Å²) in [6, 6.07) is 7.41. The highest BCUT2D eigenvalue weighted by molar-refractivity contribution is 7.80. The Bertz CT molecular complexity index is 408. The molecule has 1 amide bonds. The molecule has 1 atom stereocenters. The number of methoxy groups -OCH3 is 1. The Kier molecular flexibility index (Phi) is 4.07. The molecule has 4 heteroatoms. The molecule has 1 fully saturated rings. The zero-order chi connectivity index (χ0) is 12.3. The fourth-order valence-corrected chi connectivity index (χ4v) is 2.40. The Labute approximate surface area is 107 Å². The van der Waals surface area contributed by atoms with Crippen LogP contribution in [0, 0.1) is 0 Å². The summed E-state index contributed by atoms with van der Waals surface area (Å²) in [6.07, 6.45) is 2.20. The molecule has 3 nitrogen and oxygen atoms in total. The van der Waals surface area contributed by atoms with Crippen LogP contribution in [-0.4, -0.2) is 37.1 Å². The summed E-state index contributed by atoms with van der Waals surface area (Å²) in [5.74, 6) is 0.0531. The van der Waals surface area contributed by atoms with Gasteiger partial charge in [-0.05, 0) is 25.0 Å². The van der Waals surface area contributed by atoms with Gasteiger partial charge in [0.2, 0.25) is 0 Å². The lowest BCUT2D eigenvalue weighted by atomic mass is 10.1. The molecule has 0 N–H and O–H groups in total. The van der Waals surface area contributed by atoms with E-state index in [2.05, 4.69) is 12.6 Å². The van der Waals surface area contributed by atoms with Crippen LogP contribution in [-0.2, 0) is 4.74 Å². The van der Waals surface area contributed by atoms with Gasteiger partial charge < -0.3 is 9.64 Å². The lowest BCUT2D eigenvalue weighted by Gasteiger charge is -2.32. The minimum atomic E-state index is 0.0531. The van der Waals surface area contributed by atoms with E-state index in [-0.39, 0.29) is 12.0 Å². The zero-order valence-electron chi connectivity index (χ0n) is 9.93. The van der Waals surface area contributed by atoms with Gasteiger partial charge in [0.15, 0.2) is 0 Å². The summed E-state index contributed by atoms with van der Waals surface area (Å²) >= 11 is 4.32. The van der Waals surface area contributed by atoms with E-state index >= 15 is 0 Å². The molecular weight excluding hydrogens is 234 g/mol. The number of nitrogens with zero attached hydrogens (tertiary/aromatic N) is 1. The Balaban J connectivity index is 2.12. The van der Waals surface area contributed by atoms with Crippen molar-refractivity contribution in [3.63, 3.8) is 0 Å². The molecule has 1 saturated heterocycles. The first-order valence-corrected chi connectivity index (χ1v) is 6.27. The summed E-state index contributed by atoms with van der Waals surface area (Å²) in [7, 11) is 1.70. The van der Waals surface area contributed by atoms with Crippen molar-refractivity contribution in [1.29, 1.82) is 0 Å². The van der Waals surface area contributed by atoms with Gasteiger partial charge in [0.1, 0.15) is 0 Å². The molecule has 1 aliphatic rings. The minimum Gasteiger partial charge on any atom is -0.380 e. The van der Waals surface area contributed by atoms with Crippen LogP contribution in [0.25, 0.3) is 0 Å². The van der Waals surface area contributed by atoms with Crippen LogP contribution in [0.5, 0.6) is 0 Å². The van der Waals surface area contributed by atoms with Crippen molar-refractivity contribution in [1.82, 2.24) is 4.90 Å². The Hall–Kier alpha value is -1.00. The highest BCUT2D eigenvalue weighted by Gasteiger charge is 2.24. The van der Waals surface area contributed by atoms with Gasteiger partial charge in [-0.25, -0.2) is 0 Å². The van der Waals surface area contributed by atoms with Crippen LogP contribution in [0.4, 0.5) is 0 Å². The number of likely N-dealkylation sites (tertiary alicyclic amines) is 1. The van der Waals surface area contributed by atoms with E-state index < -0.39 is 0 Å². The molecule has 1 heterocycles. The maximum Gasteiger partial charge on any atom is 0.255 e. The van der Waals surface area contributed by atoms with Crippen molar-refractivity contribution in [2.45, 2.75) is 23.8 Å². The van der Waals surface area contributed by atoms with Gasteiger partial charge in [-0.1, -0.05) is 12.1 Å². The zero-order valence-corrected chi connectivity index (χ0v) is 10.8. The van der Waals surface area contributed by atoms with E-state index in [1.54, 1.807) is 7.11 Å². The van der Waals surface area contributed by atoms with E-state index in [9.17, 15) is 4.79 Å². The molecule has 92 valence electrons. The van der Waals surface area contributed by atoms with E-state index in [1.807, 2.05) is 29.2 Å². The van der Waals surface area contributed by atoms with Crippen molar-refractivity contribution in [3.05, 3.63) is 29.8 Å². The van der Waals surface area contributed by atoms with Crippen LogP contribution < -0.4 is 0 Å². The second-order valence-electron chi connectivity index (χ2n) is 4.27. The normalized spacial score (nSPS) is 20.4. The molecule has 0 aromatic heterocycles. The van der Waals surface area contributed by atoms with Gasteiger partial charge >= 0.3 is 0 Å². The van der Waals surface area contributed by atoms with Crippen molar-refractivity contribution < 1.29 is 9.53 Å². The molecule has 17 heavy (non-hydrogen) atoms. The molecule has 1 aromatic rings. The monoisotopic (exact) mass is 251 g/mol. The van der Waals surface area contributed by atoms with Gasteiger partial charge in [-0.2, -0.15) is 0 Å². The third kappa shape index (κ3) is 2.82. The number of hydrogen-bond donors (Lipinski definition) is 1. The van der Waals surface area contributed by atoms with Crippen molar-refractivity contribution in [2.24, 2.45) is 0 Å². The standard InChI is InChI=1S/C13H17NO2S/c1-16-10-5-4-8-14(9-10)13(15)11-6-2-3-7-12(11)17/h2-3,6-7,10,17H,4-5,8-9H2,1H3. The first-order valence-electron chi connectivity index (χ1n) is 5.82. The number of ether oxygens (including phenoxy) is 1. The summed E-state index contributed by atoms with van der Waals surface area (Å²) in [4.78, 5) is 14.9. The molecule has 1 aliphatic heterocycles. The first kappa shape index (κ1) is 12.5. The fourth-order valence-electron chi connectivity index (χ4n) is 2.14. The second kappa shape index (κ2) is 5.56. The highest BCUT2D eigenvalue weighted by Crippen LogP contribution is 2.19. The fraction of sp³-hybridized carbons (Fsp3) is 0.462. The topological polar surface area (TPSA) is 29.5 Å². The largest absolute Gasteiger partial charge is 0.380 e. The minimum absolute atomic E-state index is 0.0531. The Morgan fingerprint density at radius 1 is 1.47 bits per heavy atom. The summed E-state index contributed by atoms with van der Waals surface area (Å²) < 4.78 is 5.32. The Morgan fingerprint density at radius 2 is 2.24 bits per heavy atom. The van der Waals surface area contributed by atoms with Gasteiger partial charge in [0.05, 0.1) is 11.7 Å². The quantitative estimate of drug-likeness (QED) is 0.817. The number of hydrogen-bond acceptors (Lipinski definition) is 3. The van der Waals surface area contributed by atoms with Crippen LogP contribution in [0.1, 0.15) is 23.2 Å². The van der Waals surface area contributed by atoms with Gasteiger partial charge in [-0.3, -0.25) is 4.79 Å². The average molecular weight is 251 g/mol. The molecular formula is C13H17NO2S. The van der Waals surface area contributed by atoms with E-state index in [4.69, 9.17) is 4.74 Å². The first-order chi connectivity index (χ1) is 8.22. The number of thiol groups is 1. The summed E-state index contributed by atoms with van der Waals surface area (Å²) in [6.45, 7) is 1.48. The molecule has 0 saturated carbocycles. The van der Waals surface area contributed by atoms with E-state index in [0.717, 1.165) is 24.3 Å². The molecule has 1 unspecified atom stereocenters. The predicted molar refractivity (Wildman–Crippen MR) is 69.6 cm³/mol. The maximum atomic E-state index is 12.3. The van der Waals surface area contributed by atoms with E-state index in [0.29, 0.717) is 12.1 Å². The number of benzene rings is 1. The van der Waals surface area contributed by atoms with Gasteiger partial charge in [0.25, 0.3) is 5.91 Å². The van der Waals surface area contributed by atoms with Crippen LogP contribution in [0.2, 0.25) is 0 Å². The SMILES string of the molecule is COC1CCCN(C(=O)c2ccccc2S)C1. The van der Waals surface area contributed by atoms with Crippen LogP contribution in [0.15, 0.2) is 29.2 Å². The van der Waals surface area contributed by atoms with Gasteiger partial charge in [-0.15, -0.1) is 12.6 Å².